The molecule has 9 heteroatoms. The molecular formula is C16H22N4O4S. The Labute approximate surface area is 145 Å². The number of aromatic amines is 1. The van der Waals surface area contributed by atoms with Gasteiger partial charge in [-0.15, -0.1) is 0 Å². The Balaban J connectivity index is 1.89. The zero-order valence-corrected chi connectivity index (χ0v) is 15.3. The molecule has 0 aliphatic carbocycles. The number of H-pyrrole nitrogens is 1. The Morgan fingerprint density at radius 2 is 2.12 bits per heavy atom. The van der Waals surface area contributed by atoms with Crippen molar-refractivity contribution in [2.24, 2.45) is 11.8 Å². The van der Waals surface area contributed by atoms with E-state index in [1.54, 1.807) is 6.07 Å². The molecule has 1 aliphatic heterocycles. The van der Waals surface area contributed by atoms with Gasteiger partial charge >= 0.3 is 0 Å². The van der Waals surface area contributed by atoms with Crippen molar-refractivity contribution in [3.8, 4) is 0 Å². The summed E-state index contributed by atoms with van der Waals surface area (Å²) in [5, 5.41) is 5.79. The van der Waals surface area contributed by atoms with Crippen LogP contribution in [0.3, 0.4) is 0 Å². The number of sulfone groups is 1. The van der Waals surface area contributed by atoms with Gasteiger partial charge in [-0.05, 0) is 19.3 Å². The van der Waals surface area contributed by atoms with E-state index in [0.29, 0.717) is 17.8 Å². The third-order valence-electron chi connectivity index (χ3n) is 4.48. The van der Waals surface area contributed by atoms with Crippen LogP contribution in [0.2, 0.25) is 0 Å². The van der Waals surface area contributed by atoms with Crippen LogP contribution in [-0.2, 0) is 14.6 Å². The molecule has 3 heterocycles. The van der Waals surface area contributed by atoms with E-state index < -0.39 is 21.8 Å². The molecule has 136 valence electrons. The first-order chi connectivity index (χ1) is 11.7. The van der Waals surface area contributed by atoms with E-state index in [2.05, 4.69) is 15.4 Å². The summed E-state index contributed by atoms with van der Waals surface area (Å²) in [5.41, 5.74) is 1.52. The van der Waals surface area contributed by atoms with Crippen molar-refractivity contribution in [2.75, 3.05) is 11.5 Å². The molecule has 2 atom stereocenters. The minimum absolute atomic E-state index is 0.00338. The predicted molar refractivity (Wildman–Crippen MR) is 93.0 cm³/mol. The van der Waals surface area contributed by atoms with E-state index in [1.807, 2.05) is 20.8 Å². The Hall–Kier alpha value is -2.16. The van der Waals surface area contributed by atoms with Gasteiger partial charge in [0.2, 0.25) is 5.91 Å². The van der Waals surface area contributed by atoms with Gasteiger partial charge in [-0.3, -0.25) is 14.7 Å². The molecule has 0 bridgehead atoms. The molecule has 25 heavy (non-hydrogen) atoms. The van der Waals surface area contributed by atoms with Crippen LogP contribution in [0.25, 0.3) is 5.65 Å². The van der Waals surface area contributed by atoms with Gasteiger partial charge in [0, 0.05) is 17.8 Å². The van der Waals surface area contributed by atoms with E-state index in [-0.39, 0.29) is 28.9 Å². The molecule has 1 amide bonds. The molecule has 0 spiro atoms. The lowest BCUT2D eigenvalue weighted by Crippen LogP contribution is -2.37. The maximum atomic E-state index is 12.5. The molecule has 1 saturated heterocycles. The molecule has 2 N–H and O–H groups in total. The molecule has 2 aromatic heterocycles. The van der Waals surface area contributed by atoms with Gasteiger partial charge in [0.15, 0.2) is 15.5 Å². The van der Waals surface area contributed by atoms with Crippen molar-refractivity contribution in [1.82, 2.24) is 19.9 Å². The predicted octanol–water partition coefficient (Wildman–Crippen LogP) is 0.579. The second-order valence-corrected chi connectivity index (χ2v) is 9.21. The molecule has 8 nitrogen and oxygen atoms in total. The maximum Gasteiger partial charge on any atom is 0.272 e. The standard InChI is InChI=1S/C16H22N4O4S/c1-9(2)15(18-16(22)11-4-5-25(23,24)8-11)12-7-14(21)20-13(17-12)6-10(3)19-20/h6-7,9,11,15,19H,4-5,8H2,1-3H3,(H,18,22)/t11-,15-/m0/s1. The van der Waals surface area contributed by atoms with Crippen molar-refractivity contribution in [3.05, 3.63) is 33.9 Å². The summed E-state index contributed by atoms with van der Waals surface area (Å²) in [7, 11) is -3.13. The maximum absolute atomic E-state index is 12.5. The monoisotopic (exact) mass is 366 g/mol. The smallest absolute Gasteiger partial charge is 0.272 e. The van der Waals surface area contributed by atoms with Crippen LogP contribution in [0, 0.1) is 18.8 Å². The van der Waals surface area contributed by atoms with Crippen LogP contribution in [0.4, 0.5) is 0 Å². The summed E-state index contributed by atoms with van der Waals surface area (Å²) in [5.74, 6) is -0.907. The lowest BCUT2D eigenvalue weighted by molar-refractivity contribution is -0.125. The number of amides is 1. The van der Waals surface area contributed by atoms with Crippen LogP contribution in [-0.4, -0.2) is 40.4 Å². The SMILES string of the molecule is Cc1cc2nc([C@@H](NC(=O)[C@H]3CCS(=O)(=O)C3)C(C)C)cc(=O)n2[nH]1. The highest BCUT2D eigenvalue weighted by molar-refractivity contribution is 7.91. The second kappa shape index (κ2) is 6.29. The highest BCUT2D eigenvalue weighted by atomic mass is 32.2. The fourth-order valence-corrected chi connectivity index (χ4v) is 4.89. The number of nitrogens with one attached hydrogen (secondary N) is 2. The number of carbonyl (C=O) groups excluding carboxylic acids is 1. The third kappa shape index (κ3) is 3.60. The number of fused-ring (bicyclic) bond motifs is 1. The van der Waals surface area contributed by atoms with Crippen LogP contribution in [0.5, 0.6) is 0 Å². The summed E-state index contributed by atoms with van der Waals surface area (Å²) in [6, 6.07) is 2.70. The Kier molecular flexibility index (Phi) is 4.44. The van der Waals surface area contributed by atoms with Crippen LogP contribution in [0.15, 0.2) is 16.9 Å². The van der Waals surface area contributed by atoms with E-state index >= 15 is 0 Å². The van der Waals surface area contributed by atoms with Gasteiger partial charge in [-0.25, -0.2) is 17.9 Å². The summed E-state index contributed by atoms with van der Waals surface area (Å²) >= 11 is 0. The van der Waals surface area contributed by atoms with Crippen molar-refractivity contribution in [2.45, 2.75) is 33.2 Å². The summed E-state index contributed by atoms with van der Waals surface area (Å²) in [4.78, 5) is 29.2. The zero-order chi connectivity index (χ0) is 18.4. The Morgan fingerprint density at radius 1 is 1.40 bits per heavy atom. The molecule has 1 fully saturated rings. The average molecular weight is 366 g/mol. The lowest BCUT2D eigenvalue weighted by atomic mass is 9.99. The molecule has 0 unspecified atom stereocenters. The number of hydrogen-bond acceptors (Lipinski definition) is 5. The van der Waals surface area contributed by atoms with Crippen LogP contribution < -0.4 is 10.9 Å². The first kappa shape index (κ1) is 17.7. The summed E-state index contributed by atoms with van der Waals surface area (Å²) < 4.78 is 24.5. The molecule has 0 saturated carbocycles. The first-order valence-corrected chi connectivity index (χ1v) is 10.1. The normalized spacial score (nSPS) is 20.9. The van der Waals surface area contributed by atoms with Gasteiger partial charge < -0.3 is 5.32 Å². The quantitative estimate of drug-likeness (QED) is 0.822. The van der Waals surface area contributed by atoms with Crippen LogP contribution >= 0.6 is 0 Å². The van der Waals surface area contributed by atoms with Gasteiger partial charge in [0.05, 0.1) is 29.2 Å². The summed E-state index contributed by atoms with van der Waals surface area (Å²) in [6.07, 6.45) is 0.338. The van der Waals surface area contributed by atoms with E-state index in [9.17, 15) is 18.0 Å². The summed E-state index contributed by atoms with van der Waals surface area (Å²) in [6.45, 7) is 5.67. The Bertz CT molecular complexity index is 974. The number of aromatic nitrogens is 3. The van der Waals surface area contributed by atoms with E-state index in [0.717, 1.165) is 5.69 Å². The largest absolute Gasteiger partial charge is 0.347 e. The van der Waals surface area contributed by atoms with E-state index in [4.69, 9.17) is 0 Å². The highest BCUT2D eigenvalue weighted by Gasteiger charge is 2.34. The highest BCUT2D eigenvalue weighted by Crippen LogP contribution is 2.23. The third-order valence-corrected chi connectivity index (χ3v) is 6.25. The van der Waals surface area contributed by atoms with Crippen molar-refractivity contribution in [3.63, 3.8) is 0 Å². The molecule has 2 aromatic rings. The minimum atomic E-state index is -3.13. The molecule has 1 aliphatic rings. The van der Waals surface area contributed by atoms with Gasteiger partial charge in [-0.2, -0.15) is 0 Å². The molecular weight excluding hydrogens is 344 g/mol. The Morgan fingerprint density at radius 3 is 2.72 bits per heavy atom. The van der Waals surface area contributed by atoms with Crippen molar-refractivity contribution >= 4 is 21.4 Å². The van der Waals surface area contributed by atoms with Crippen molar-refractivity contribution < 1.29 is 13.2 Å². The van der Waals surface area contributed by atoms with Crippen LogP contribution in [0.1, 0.15) is 37.7 Å². The number of aryl methyl sites for hydroxylation is 1. The van der Waals surface area contributed by atoms with Gasteiger partial charge in [-0.1, -0.05) is 13.8 Å². The lowest BCUT2D eigenvalue weighted by Gasteiger charge is -2.23. The number of hydrogen-bond donors (Lipinski definition) is 2. The minimum Gasteiger partial charge on any atom is -0.347 e. The molecule has 0 radical (unpaired) electrons. The zero-order valence-electron chi connectivity index (χ0n) is 14.4. The first-order valence-electron chi connectivity index (χ1n) is 8.26. The fraction of sp³-hybridized carbons (Fsp3) is 0.562. The fourth-order valence-electron chi connectivity index (χ4n) is 3.14. The topological polar surface area (TPSA) is 113 Å². The second-order valence-electron chi connectivity index (χ2n) is 6.98. The number of carbonyl (C=O) groups is 1. The molecule has 0 aromatic carbocycles. The molecule has 3 rings (SSSR count). The average Bonchev–Trinajstić information content (AvgIpc) is 3.06. The van der Waals surface area contributed by atoms with Gasteiger partial charge in [0.1, 0.15) is 0 Å². The van der Waals surface area contributed by atoms with Gasteiger partial charge in [0.25, 0.3) is 5.56 Å². The van der Waals surface area contributed by atoms with E-state index in [1.165, 1.54) is 10.6 Å². The number of rotatable bonds is 4. The number of nitrogens with zero attached hydrogens (tertiary/aromatic N) is 2. The van der Waals surface area contributed by atoms with Crippen molar-refractivity contribution in [1.29, 1.82) is 0 Å².